The fraction of sp³-hybridized carbons (Fsp3) is 0. The van der Waals surface area contributed by atoms with Gasteiger partial charge in [-0.25, -0.2) is 0 Å². The zero-order chi connectivity index (χ0) is 12.5. The first-order valence-electron chi connectivity index (χ1n) is 5.48. The van der Waals surface area contributed by atoms with E-state index in [-0.39, 0.29) is 5.43 Å². The molecule has 0 aliphatic rings. The Morgan fingerprint density at radius 2 is 2.00 bits per heavy atom. The zero-order valence-corrected chi connectivity index (χ0v) is 9.42. The smallest absolute Gasteiger partial charge is 0.191 e. The van der Waals surface area contributed by atoms with Crippen molar-refractivity contribution in [3.8, 4) is 17.2 Å². The molecule has 0 unspecified atom stereocenters. The van der Waals surface area contributed by atoms with E-state index in [0.29, 0.717) is 11.1 Å². The lowest BCUT2D eigenvalue weighted by atomic mass is 10.1. The van der Waals surface area contributed by atoms with Gasteiger partial charge in [-0.15, -0.1) is 0 Å². The van der Waals surface area contributed by atoms with E-state index in [1.165, 1.54) is 0 Å². The summed E-state index contributed by atoms with van der Waals surface area (Å²) in [5.74, 6) is 0. The van der Waals surface area contributed by atoms with E-state index in [2.05, 4.69) is 11.1 Å². The number of nitriles is 1. The molecule has 4 heteroatoms. The van der Waals surface area contributed by atoms with Gasteiger partial charge in [0.2, 0.25) is 0 Å². The summed E-state index contributed by atoms with van der Waals surface area (Å²) in [5.41, 5.74) is 2.74. The molecule has 0 bridgehead atoms. The predicted octanol–water partition coefficient (Wildman–Crippen LogP) is 2.17. The third-order valence-corrected chi connectivity index (χ3v) is 2.87. The van der Waals surface area contributed by atoms with E-state index in [4.69, 9.17) is 5.26 Å². The number of nitrogens with zero attached hydrogens (tertiary/aromatic N) is 2. The summed E-state index contributed by atoms with van der Waals surface area (Å²) in [6.07, 6.45) is 5.41. The predicted molar refractivity (Wildman–Crippen MR) is 68.2 cm³/mol. The molecule has 1 aromatic carbocycles. The molecule has 3 aromatic rings. The molecular weight excluding hydrogens is 226 g/mol. The molecule has 0 radical (unpaired) electrons. The molecule has 0 atom stereocenters. The minimum atomic E-state index is -0.0397. The van der Waals surface area contributed by atoms with Crippen LogP contribution in [0.3, 0.4) is 0 Å². The molecule has 0 amide bonds. The number of H-pyrrole nitrogens is 1. The van der Waals surface area contributed by atoms with Crippen LogP contribution in [-0.4, -0.2) is 9.38 Å². The highest BCUT2D eigenvalue weighted by Crippen LogP contribution is 2.16. The number of fused-ring (bicyclic) bond motifs is 1. The minimum absolute atomic E-state index is 0.0397. The normalized spacial score (nSPS) is 10.4. The van der Waals surface area contributed by atoms with Crippen molar-refractivity contribution in [3.63, 3.8) is 0 Å². The van der Waals surface area contributed by atoms with Crippen LogP contribution in [0, 0.1) is 11.3 Å². The lowest BCUT2D eigenvalue weighted by Gasteiger charge is -2.02. The van der Waals surface area contributed by atoms with E-state index in [0.717, 1.165) is 11.2 Å². The van der Waals surface area contributed by atoms with E-state index in [1.807, 2.05) is 10.6 Å². The SMILES string of the molecule is N#Cc1ccc(-c2cn3cc[nH]c3cc2=O)cc1. The minimum Gasteiger partial charge on any atom is -0.346 e. The van der Waals surface area contributed by atoms with E-state index in [1.54, 1.807) is 42.7 Å². The van der Waals surface area contributed by atoms with Gasteiger partial charge in [0.15, 0.2) is 5.43 Å². The van der Waals surface area contributed by atoms with E-state index < -0.39 is 0 Å². The molecular formula is C14H9N3O. The van der Waals surface area contributed by atoms with Gasteiger partial charge in [0.1, 0.15) is 5.65 Å². The highest BCUT2D eigenvalue weighted by atomic mass is 16.1. The molecule has 0 saturated heterocycles. The van der Waals surface area contributed by atoms with Gasteiger partial charge in [0.25, 0.3) is 0 Å². The standard InChI is InChI=1S/C14H9N3O/c15-8-10-1-3-11(4-2-10)12-9-17-6-5-16-14(17)7-13(12)18/h1-7,9,16H. The van der Waals surface area contributed by atoms with Gasteiger partial charge in [-0.2, -0.15) is 5.26 Å². The maximum absolute atomic E-state index is 12.0. The maximum atomic E-state index is 12.0. The Hall–Kier alpha value is -2.80. The highest BCUT2D eigenvalue weighted by Gasteiger charge is 2.05. The van der Waals surface area contributed by atoms with Crippen molar-refractivity contribution in [2.75, 3.05) is 0 Å². The largest absolute Gasteiger partial charge is 0.346 e. The van der Waals surface area contributed by atoms with E-state index >= 15 is 0 Å². The molecule has 4 nitrogen and oxygen atoms in total. The van der Waals surface area contributed by atoms with Crippen molar-refractivity contribution in [1.29, 1.82) is 5.26 Å². The van der Waals surface area contributed by atoms with Gasteiger partial charge in [0.05, 0.1) is 11.6 Å². The van der Waals surface area contributed by atoms with Crippen LogP contribution in [0.15, 0.2) is 53.7 Å². The van der Waals surface area contributed by atoms with Crippen molar-refractivity contribution in [3.05, 3.63) is 64.7 Å². The fourth-order valence-electron chi connectivity index (χ4n) is 1.93. The summed E-state index contributed by atoms with van der Waals surface area (Å²) in [6.45, 7) is 0. The number of rotatable bonds is 1. The van der Waals surface area contributed by atoms with Crippen molar-refractivity contribution in [2.45, 2.75) is 0 Å². The molecule has 1 N–H and O–H groups in total. The van der Waals surface area contributed by atoms with Crippen LogP contribution >= 0.6 is 0 Å². The second-order valence-electron chi connectivity index (χ2n) is 3.99. The van der Waals surface area contributed by atoms with Gasteiger partial charge < -0.3 is 9.38 Å². The molecule has 0 fully saturated rings. The fourth-order valence-corrected chi connectivity index (χ4v) is 1.93. The van der Waals surface area contributed by atoms with Crippen LogP contribution in [0.2, 0.25) is 0 Å². The lowest BCUT2D eigenvalue weighted by molar-refractivity contribution is 1.18. The Balaban J connectivity index is 2.20. The number of benzene rings is 1. The average Bonchev–Trinajstić information content (AvgIpc) is 2.85. The van der Waals surface area contributed by atoms with Crippen molar-refractivity contribution < 1.29 is 0 Å². The van der Waals surface area contributed by atoms with E-state index in [9.17, 15) is 4.79 Å². The summed E-state index contributed by atoms with van der Waals surface area (Å²) in [5, 5.41) is 8.75. The van der Waals surface area contributed by atoms with Gasteiger partial charge in [-0.1, -0.05) is 12.1 Å². The molecule has 2 heterocycles. The zero-order valence-electron chi connectivity index (χ0n) is 9.42. The van der Waals surface area contributed by atoms with Crippen molar-refractivity contribution >= 4 is 5.65 Å². The first kappa shape index (κ1) is 10.4. The molecule has 0 saturated carbocycles. The van der Waals surface area contributed by atoms with Crippen LogP contribution in [0.1, 0.15) is 5.56 Å². The quantitative estimate of drug-likeness (QED) is 0.702. The average molecular weight is 235 g/mol. The van der Waals surface area contributed by atoms with Gasteiger partial charge in [-0.3, -0.25) is 4.79 Å². The van der Waals surface area contributed by atoms with Gasteiger partial charge >= 0.3 is 0 Å². The van der Waals surface area contributed by atoms with Crippen LogP contribution in [-0.2, 0) is 0 Å². The Labute approximate surface area is 103 Å². The number of pyridine rings is 1. The number of imidazole rings is 1. The molecule has 2 aromatic heterocycles. The summed E-state index contributed by atoms with van der Waals surface area (Å²) in [4.78, 5) is 15.0. The Kier molecular flexibility index (Phi) is 2.24. The van der Waals surface area contributed by atoms with Crippen LogP contribution in [0.4, 0.5) is 0 Å². The third kappa shape index (κ3) is 1.59. The second-order valence-corrected chi connectivity index (χ2v) is 3.99. The Morgan fingerprint density at radius 1 is 1.22 bits per heavy atom. The lowest BCUT2D eigenvalue weighted by Crippen LogP contribution is -2.05. The van der Waals surface area contributed by atoms with Gasteiger partial charge in [0, 0.05) is 30.2 Å². The molecule has 0 aliphatic heterocycles. The summed E-state index contributed by atoms with van der Waals surface area (Å²) in [6, 6.07) is 10.6. The van der Waals surface area contributed by atoms with Crippen molar-refractivity contribution in [2.24, 2.45) is 0 Å². The molecule has 0 spiro atoms. The number of nitrogens with one attached hydrogen (secondary N) is 1. The molecule has 0 aliphatic carbocycles. The molecule has 86 valence electrons. The monoisotopic (exact) mass is 235 g/mol. The highest BCUT2D eigenvalue weighted by molar-refractivity contribution is 5.65. The summed E-state index contributed by atoms with van der Waals surface area (Å²) >= 11 is 0. The number of hydrogen-bond donors (Lipinski definition) is 1. The second kappa shape index (κ2) is 3.90. The Morgan fingerprint density at radius 3 is 2.72 bits per heavy atom. The maximum Gasteiger partial charge on any atom is 0.191 e. The van der Waals surface area contributed by atoms with Gasteiger partial charge in [-0.05, 0) is 17.7 Å². The topological polar surface area (TPSA) is 61.1 Å². The van der Waals surface area contributed by atoms with Crippen molar-refractivity contribution in [1.82, 2.24) is 9.38 Å². The van der Waals surface area contributed by atoms with Crippen LogP contribution in [0.5, 0.6) is 0 Å². The summed E-state index contributed by atoms with van der Waals surface area (Å²) < 4.78 is 1.86. The first-order chi connectivity index (χ1) is 8.78. The molecule has 18 heavy (non-hydrogen) atoms. The first-order valence-corrected chi connectivity index (χ1v) is 5.48. The van der Waals surface area contributed by atoms with Crippen LogP contribution < -0.4 is 5.43 Å². The van der Waals surface area contributed by atoms with Crippen LogP contribution in [0.25, 0.3) is 16.8 Å². The number of aromatic nitrogens is 2. The number of hydrogen-bond acceptors (Lipinski definition) is 2. The third-order valence-electron chi connectivity index (χ3n) is 2.87. The molecule has 3 rings (SSSR count). The summed E-state index contributed by atoms with van der Waals surface area (Å²) in [7, 11) is 0. The Bertz CT molecular complexity index is 803. The number of aromatic amines is 1.